The Bertz CT molecular complexity index is 1460. The van der Waals surface area contributed by atoms with Gasteiger partial charge in [-0.15, -0.1) is 0 Å². The quantitative estimate of drug-likeness (QED) is 0.467. The number of oxazole rings is 1. The summed E-state index contributed by atoms with van der Waals surface area (Å²) in [6, 6.07) is 4.58. The van der Waals surface area contributed by atoms with Crippen LogP contribution in [0, 0.1) is 0 Å². The van der Waals surface area contributed by atoms with E-state index in [1.807, 2.05) is 0 Å². The highest BCUT2D eigenvalue weighted by Gasteiger charge is 2.34. The van der Waals surface area contributed by atoms with Gasteiger partial charge < -0.3 is 19.8 Å². The van der Waals surface area contributed by atoms with Crippen molar-refractivity contribution in [2.75, 3.05) is 7.11 Å². The van der Waals surface area contributed by atoms with E-state index >= 15 is 0 Å². The number of aromatic nitrogens is 4. The minimum atomic E-state index is -4.62. The molecule has 182 valence electrons. The Balaban J connectivity index is 1.59. The Kier molecular flexibility index (Phi) is 5.28. The van der Waals surface area contributed by atoms with Crippen LogP contribution in [0.1, 0.15) is 46.2 Å². The van der Waals surface area contributed by atoms with Gasteiger partial charge in [0.15, 0.2) is 11.5 Å². The van der Waals surface area contributed by atoms with E-state index in [4.69, 9.17) is 14.9 Å². The lowest BCUT2D eigenvalue weighted by Crippen LogP contribution is -2.28. The summed E-state index contributed by atoms with van der Waals surface area (Å²) in [4.78, 5) is 23.2. The SMILES string of the molecule is COc1ccc(-c2nc(C(=O)N3Cc4cnn(C)c4C3)c([C@H](C)N)o2)c2ccc(C(F)(F)F)nc12. The smallest absolute Gasteiger partial charge is 0.433 e. The van der Waals surface area contributed by atoms with Gasteiger partial charge in [0.2, 0.25) is 5.89 Å². The van der Waals surface area contributed by atoms with Crippen LogP contribution in [0.5, 0.6) is 5.75 Å². The van der Waals surface area contributed by atoms with E-state index in [1.54, 1.807) is 35.8 Å². The van der Waals surface area contributed by atoms with Crippen LogP contribution in [-0.4, -0.2) is 37.7 Å². The number of fused-ring (bicyclic) bond motifs is 2. The van der Waals surface area contributed by atoms with Crippen molar-refractivity contribution >= 4 is 16.8 Å². The fraction of sp³-hybridized carbons (Fsp3) is 0.304. The third-order valence-corrected chi connectivity index (χ3v) is 5.97. The molecule has 35 heavy (non-hydrogen) atoms. The van der Waals surface area contributed by atoms with E-state index in [2.05, 4.69) is 15.1 Å². The minimum absolute atomic E-state index is 0.00394. The van der Waals surface area contributed by atoms with Crippen molar-refractivity contribution in [3.8, 4) is 17.2 Å². The molecule has 0 spiro atoms. The topological polar surface area (TPSA) is 112 Å². The molecule has 1 amide bonds. The Morgan fingerprint density at radius 2 is 1.97 bits per heavy atom. The first-order chi connectivity index (χ1) is 16.6. The number of carbonyl (C=O) groups excluding carboxylic acids is 1. The lowest BCUT2D eigenvalue weighted by molar-refractivity contribution is -0.140. The highest BCUT2D eigenvalue weighted by molar-refractivity contribution is 5.98. The van der Waals surface area contributed by atoms with E-state index in [9.17, 15) is 18.0 Å². The number of benzene rings is 1. The zero-order valence-corrected chi connectivity index (χ0v) is 19.1. The van der Waals surface area contributed by atoms with Gasteiger partial charge in [0.25, 0.3) is 5.91 Å². The van der Waals surface area contributed by atoms with E-state index in [0.29, 0.717) is 24.0 Å². The summed E-state index contributed by atoms with van der Waals surface area (Å²) >= 11 is 0. The van der Waals surface area contributed by atoms with Gasteiger partial charge in [0.05, 0.1) is 31.6 Å². The van der Waals surface area contributed by atoms with Gasteiger partial charge in [0, 0.05) is 30.1 Å². The maximum absolute atomic E-state index is 13.4. The summed E-state index contributed by atoms with van der Waals surface area (Å²) in [5.41, 5.74) is 7.31. The molecule has 0 fully saturated rings. The lowest BCUT2D eigenvalue weighted by Gasteiger charge is -2.15. The third kappa shape index (κ3) is 3.79. The van der Waals surface area contributed by atoms with E-state index in [1.165, 1.54) is 19.2 Å². The summed E-state index contributed by atoms with van der Waals surface area (Å²) in [6.45, 7) is 2.39. The fourth-order valence-corrected chi connectivity index (χ4v) is 4.19. The molecule has 0 saturated carbocycles. The second-order valence-corrected chi connectivity index (χ2v) is 8.33. The van der Waals surface area contributed by atoms with Crippen LogP contribution in [0.25, 0.3) is 22.4 Å². The molecular formula is C23H21F3N6O3. The summed E-state index contributed by atoms with van der Waals surface area (Å²) < 4.78 is 52.6. The number of rotatable bonds is 4. The first-order valence-electron chi connectivity index (χ1n) is 10.7. The molecule has 2 N–H and O–H groups in total. The third-order valence-electron chi connectivity index (χ3n) is 5.97. The largest absolute Gasteiger partial charge is 0.494 e. The van der Waals surface area contributed by atoms with Crippen molar-refractivity contribution in [3.05, 3.63) is 58.9 Å². The number of carbonyl (C=O) groups is 1. The molecule has 0 saturated heterocycles. The summed E-state index contributed by atoms with van der Waals surface area (Å²) in [5, 5.41) is 4.52. The normalized spacial score (nSPS) is 14.4. The number of hydrogen-bond donors (Lipinski definition) is 1. The number of amides is 1. The average Bonchev–Trinajstić information content (AvgIpc) is 3.53. The van der Waals surface area contributed by atoms with Crippen molar-refractivity contribution in [2.45, 2.75) is 32.2 Å². The zero-order valence-electron chi connectivity index (χ0n) is 19.1. The van der Waals surface area contributed by atoms with Gasteiger partial charge in [-0.1, -0.05) is 0 Å². The number of halogens is 3. The molecule has 1 aliphatic heterocycles. The number of alkyl halides is 3. The summed E-state index contributed by atoms with van der Waals surface area (Å²) in [6.07, 6.45) is -2.91. The molecule has 4 aromatic rings. The van der Waals surface area contributed by atoms with Crippen molar-refractivity contribution in [2.24, 2.45) is 12.8 Å². The second kappa shape index (κ2) is 8.08. The van der Waals surface area contributed by atoms with Crippen LogP contribution in [0.3, 0.4) is 0 Å². The highest BCUT2D eigenvalue weighted by Crippen LogP contribution is 2.38. The number of hydrogen-bond acceptors (Lipinski definition) is 7. The average molecular weight is 486 g/mol. The molecule has 0 bridgehead atoms. The first kappa shape index (κ1) is 22.8. The molecule has 1 atom stereocenters. The maximum atomic E-state index is 13.4. The number of nitrogens with zero attached hydrogens (tertiary/aromatic N) is 5. The maximum Gasteiger partial charge on any atom is 0.433 e. The highest BCUT2D eigenvalue weighted by atomic mass is 19.4. The Morgan fingerprint density at radius 3 is 2.63 bits per heavy atom. The molecule has 4 heterocycles. The van der Waals surface area contributed by atoms with E-state index in [-0.39, 0.29) is 34.5 Å². The number of aryl methyl sites for hydroxylation is 1. The van der Waals surface area contributed by atoms with Gasteiger partial charge in [-0.2, -0.15) is 18.3 Å². The monoisotopic (exact) mass is 486 g/mol. The van der Waals surface area contributed by atoms with Crippen molar-refractivity contribution in [3.63, 3.8) is 0 Å². The second-order valence-electron chi connectivity index (χ2n) is 8.33. The first-order valence-corrected chi connectivity index (χ1v) is 10.7. The lowest BCUT2D eigenvalue weighted by atomic mass is 10.1. The van der Waals surface area contributed by atoms with Crippen LogP contribution in [0.15, 0.2) is 34.9 Å². The van der Waals surface area contributed by atoms with Crippen LogP contribution >= 0.6 is 0 Å². The number of pyridine rings is 1. The van der Waals surface area contributed by atoms with E-state index < -0.39 is 17.9 Å². The molecule has 0 unspecified atom stereocenters. The van der Waals surface area contributed by atoms with Crippen molar-refractivity contribution < 1.29 is 27.1 Å². The van der Waals surface area contributed by atoms with Gasteiger partial charge in [-0.25, -0.2) is 9.97 Å². The predicted molar refractivity (Wildman–Crippen MR) is 118 cm³/mol. The van der Waals surface area contributed by atoms with E-state index in [0.717, 1.165) is 17.3 Å². The van der Waals surface area contributed by atoms with Gasteiger partial charge >= 0.3 is 6.18 Å². The van der Waals surface area contributed by atoms with Crippen molar-refractivity contribution in [1.29, 1.82) is 0 Å². The molecule has 0 aliphatic carbocycles. The van der Waals surface area contributed by atoms with Crippen LogP contribution in [-0.2, 0) is 26.3 Å². The van der Waals surface area contributed by atoms with Crippen LogP contribution < -0.4 is 10.5 Å². The summed E-state index contributed by atoms with van der Waals surface area (Å²) in [5.74, 6) is 0.0310. The number of methoxy groups -OCH3 is 1. The fourth-order valence-electron chi connectivity index (χ4n) is 4.19. The summed E-state index contributed by atoms with van der Waals surface area (Å²) in [7, 11) is 3.15. The molecule has 9 nitrogen and oxygen atoms in total. The Labute approximate surface area is 197 Å². The van der Waals surface area contributed by atoms with Gasteiger partial charge in [-0.3, -0.25) is 9.48 Å². The molecule has 3 aromatic heterocycles. The van der Waals surface area contributed by atoms with Crippen LogP contribution in [0.4, 0.5) is 13.2 Å². The molecule has 12 heteroatoms. The molecule has 1 aromatic carbocycles. The van der Waals surface area contributed by atoms with Crippen LogP contribution in [0.2, 0.25) is 0 Å². The molecule has 0 radical (unpaired) electrons. The molecule has 5 rings (SSSR count). The number of ether oxygens (including phenoxy) is 1. The predicted octanol–water partition coefficient (Wildman–Crippen LogP) is 3.83. The molecular weight excluding hydrogens is 465 g/mol. The number of nitrogens with two attached hydrogens (primary N) is 1. The van der Waals surface area contributed by atoms with Crippen molar-refractivity contribution in [1.82, 2.24) is 24.6 Å². The van der Waals surface area contributed by atoms with Gasteiger partial charge in [0.1, 0.15) is 17.0 Å². The zero-order chi connectivity index (χ0) is 25.1. The Hall–Kier alpha value is -3.93. The minimum Gasteiger partial charge on any atom is -0.494 e. The Morgan fingerprint density at radius 1 is 1.20 bits per heavy atom. The molecule has 1 aliphatic rings. The standard InChI is InChI=1S/C23H21F3N6O3/c1-11(27)20-19(22(33)32-9-12-8-28-31(2)15(12)10-32)30-21(35-20)14-4-6-16(34-3)18-13(14)5-7-17(29-18)23(24,25)26/h4-8,11H,9-10,27H2,1-3H3/t11-/m0/s1. The van der Waals surface area contributed by atoms with Gasteiger partial charge in [-0.05, 0) is 31.2 Å².